The number of pyridine rings is 2. The average Bonchev–Trinajstić information content (AvgIpc) is 3.80. The minimum Gasteiger partial charge on any atom is -0.503 e. The van der Waals surface area contributed by atoms with Gasteiger partial charge in [0, 0.05) is 34.3 Å². The number of benzene rings is 7. The summed E-state index contributed by atoms with van der Waals surface area (Å²) in [5.74, 6) is 2.08. The molecule has 12 rings (SSSR count). The van der Waals surface area contributed by atoms with Gasteiger partial charge in [0.25, 0.3) is 0 Å². The van der Waals surface area contributed by atoms with Crippen LogP contribution in [0.3, 0.4) is 0 Å². The molecule has 0 bridgehead atoms. The van der Waals surface area contributed by atoms with E-state index in [1.54, 1.807) is 0 Å². The van der Waals surface area contributed by atoms with Gasteiger partial charge < -0.3 is 13.7 Å². The van der Waals surface area contributed by atoms with Crippen molar-refractivity contribution in [3.8, 4) is 28.6 Å². The molecule has 0 unspecified atom stereocenters. The fourth-order valence-corrected chi connectivity index (χ4v) is 9.54. The Morgan fingerprint density at radius 2 is 1.21 bits per heavy atom. The van der Waals surface area contributed by atoms with Crippen molar-refractivity contribution in [3.63, 3.8) is 0 Å². The van der Waals surface area contributed by atoms with Crippen molar-refractivity contribution in [2.24, 2.45) is 0 Å². The van der Waals surface area contributed by atoms with Crippen molar-refractivity contribution < 1.29 is 25.8 Å². The van der Waals surface area contributed by atoms with Crippen LogP contribution in [0.15, 0.2) is 176 Å². The number of aryl methyl sites for hydroxylation is 1. The van der Waals surface area contributed by atoms with Crippen molar-refractivity contribution in [1.82, 2.24) is 18.9 Å². The maximum absolute atomic E-state index is 6.71. The molecular weight excluding hydrogens is 892 g/mol. The number of fused-ring (bicyclic) bond motifs is 11. The van der Waals surface area contributed by atoms with E-state index in [2.05, 4.69) is 180 Å². The number of ether oxygens (including phenoxy) is 1. The Bertz CT molecular complexity index is 3350. The predicted octanol–water partition coefficient (Wildman–Crippen LogP) is 12.2. The van der Waals surface area contributed by atoms with Gasteiger partial charge >= 0.3 is 21.1 Å². The van der Waals surface area contributed by atoms with E-state index in [4.69, 9.17) is 14.7 Å². The molecule has 0 saturated heterocycles. The third-order valence-electron chi connectivity index (χ3n) is 11.8. The van der Waals surface area contributed by atoms with E-state index in [0.717, 1.165) is 77.5 Å². The Kier molecular flexibility index (Phi) is 7.79. The molecule has 0 spiro atoms. The Hall–Kier alpha value is -6.81. The van der Waals surface area contributed by atoms with E-state index in [1.165, 1.54) is 16.7 Å². The van der Waals surface area contributed by atoms with Gasteiger partial charge in [0.1, 0.15) is 5.82 Å². The molecule has 0 aliphatic carbocycles. The summed E-state index contributed by atoms with van der Waals surface area (Å²) in [4.78, 5) is 10.3. The van der Waals surface area contributed by atoms with E-state index >= 15 is 0 Å². The summed E-state index contributed by atoms with van der Waals surface area (Å²) in [6.07, 6.45) is 1.89. The van der Waals surface area contributed by atoms with Crippen molar-refractivity contribution in [1.29, 1.82) is 0 Å². The Labute approximate surface area is 349 Å². The largest absolute Gasteiger partial charge is 2.00 e. The maximum Gasteiger partial charge on any atom is 2.00 e. The van der Waals surface area contributed by atoms with Crippen LogP contribution in [0.25, 0.3) is 66.2 Å². The summed E-state index contributed by atoms with van der Waals surface area (Å²) in [5.41, 5.74) is 11.3. The van der Waals surface area contributed by atoms with Gasteiger partial charge in [-0.2, -0.15) is 6.07 Å². The SMILES string of the molecule is Cc1nc2c3[c-]c(Oc4[c-]c5c(cc4)c4cccc6c4n5-c4ncccc4C6(c4ccccc4)c4ccccc4)ccc3c3ccccc3n2c1-c1ccccc1.[Pt+2]. The summed E-state index contributed by atoms with van der Waals surface area (Å²) in [6, 6.07) is 67.2. The monoisotopic (exact) mass is 923 g/mol. The van der Waals surface area contributed by atoms with Gasteiger partial charge in [-0.15, -0.1) is 29.7 Å². The molecule has 0 atom stereocenters. The molecule has 5 heterocycles. The van der Waals surface area contributed by atoms with Crippen LogP contribution in [0.2, 0.25) is 0 Å². The minimum atomic E-state index is -0.587. The standard InChI is InChI=1S/C52H32N4O.Pt/c1-33-48(34-15-5-2-6-16-34)55-46-25-12-11-21-40(46)39-28-26-37(31-43(39)50(55)54-33)57-38-27-29-41-42-22-13-23-44-49(42)56(47(41)32-38)51-45(24-14-30-53-51)52(44,35-17-7-3-8-18-35)36-19-9-4-10-20-36;/h2-30H,1H3;/q-2;+2. The van der Waals surface area contributed by atoms with Crippen molar-refractivity contribution in [3.05, 3.63) is 216 Å². The smallest absolute Gasteiger partial charge is 0.503 e. The average molecular weight is 924 g/mol. The first-order valence-electron chi connectivity index (χ1n) is 19.3. The van der Waals surface area contributed by atoms with E-state index < -0.39 is 5.41 Å². The molecule has 5 nitrogen and oxygen atoms in total. The first-order chi connectivity index (χ1) is 28.2. The molecule has 1 aliphatic heterocycles. The summed E-state index contributed by atoms with van der Waals surface area (Å²) in [5, 5.41) is 5.35. The number of aromatic nitrogens is 4. The van der Waals surface area contributed by atoms with Crippen LogP contribution in [-0.4, -0.2) is 18.9 Å². The van der Waals surface area contributed by atoms with E-state index in [9.17, 15) is 0 Å². The quantitative estimate of drug-likeness (QED) is 0.128. The first-order valence-corrected chi connectivity index (χ1v) is 19.3. The molecule has 11 aromatic rings. The van der Waals surface area contributed by atoms with Gasteiger partial charge in [0.05, 0.1) is 22.5 Å². The van der Waals surface area contributed by atoms with Crippen LogP contribution in [0, 0.1) is 19.1 Å². The van der Waals surface area contributed by atoms with Crippen LogP contribution in [0.1, 0.15) is 27.9 Å². The molecule has 4 aromatic heterocycles. The molecule has 0 saturated carbocycles. The molecular formula is C52H32N4OPt. The third kappa shape index (κ3) is 4.74. The summed E-state index contributed by atoms with van der Waals surface area (Å²) >= 11 is 0. The van der Waals surface area contributed by atoms with Gasteiger partial charge in [0.15, 0.2) is 0 Å². The number of hydrogen-bond donors (Lipinski definition) is 0. The van der Waals surface area contributed by atoms with Crippen molar-refractivity contribution in [2.75, 3.05) is 0 Å². The fraction of sp³-hybridized carbons (Fsp3) is 0.0385. The zero-order chi connectivity index (χ0) is 37.7. The van der Waals surface area contributed by atoms with E-state index in [0.29, 0.717) is 11.5 Å². The molecule has 1 aliphatic rings. The minimum absolute atomic E-state index is 0. The first kappa shape index (κ1) is 34.4. The molecule has 58 heavy (non-hydrogen) atoms. The molecule has 276 valence electrons. The summed E-state index contributed by atoms with van der Waals surface area (Å²) in [7, 11) is 0. The second kappa shape index (κ2) is 13.1. The summed E-state index contributed by atoms with van der Waals surface area (Å²) < 4.78 is 11.3. The van der Waals surface area contributed by atoms with Crippen molar-refractivity contribution in [2.45, 2.75) is 12.3 Å². The molecule has 0 radical (unpaired) electrons. The van der Waals surface area contributed by atoms with Crippen LogP contribution in [0.4, 0.5) is 0 Å². The molecule has 7 aromatic carbocycles. The number of nitrogens with zero attached hydrogens (tertiary/aromatic N) is 4. The molecule has 0 fully saturated rings. The second-order valence-electron chi connectivity index (χ2n) is 14.8. The predicted molar refractivity (Wildman–Crippen MR) is 229 cm³/mol. The van der Waals surface area contributed by atoms with Gasteiger partial charge in [-0.25, -0.2) is 4.98 Å². The van der Waals surface area contributed by atoms with Gasteiger partial charge in [-0.1, -0.05) is 156 Å². The molecule has 0 amide bonds. The summed E-state index contributed by atoms with van der Waals surface area (Å²) in [6.45, 7) is 2.08. The Morgan fingerprint density at radius 3 is 1.97 bits per heavy atom. The topological polar surface area (TPSA) is 44.3 Å². The second-order valence-corrected chi connectivity index (χ2v) is 14.8. The Morgan fingerprint density at radius 1 is 0.569 bits per heavy atom. The van der Waals surface area contributed by atoms with Crippen LogP contribution >= 0.6 is 0 Å². The van der Waals surface area contributed by atoms with Crippen LogP contribution in [-0.2, 0) is 26.5 Å². The fourth-order valence-electron chi connectivity index (χ4n) is 9.54. The maximum atomic E-state index is 6.71. The van der Waals surface area contributed by atoms with Gasteiger partial charge in [0.2, 0.25) is 0 Å². The number of rotatable bonds is 5. The normalized spacial score (nSPS) is 12.9. The van der Waals surface area contributed by atoms with Crippen LogP contribution in [0.5, 0.6) is 11.5 Å². The van der Waals surface area contributed by atoms with Gasteiger partial charge in [-0.3, -0.25) is 4.98 Å². The molecule has 6 heteroatoms. The number of imidazole rings is 1. The van der Waals surface area contributed by atoms with Crippen LogP contribution < -0.4 is 4.74 Å². The van der Waals surface area contributed by atoms with E-state index in [1.807, 2.05) is 24.4 Å². The molecule has 0 N–H and O–H groups in total. The van der Waals surface area contributed by atoms with Crippen molar-refractivity contribution >= 4 is 49.1 Å². The zero-order valence-electron chi connectivity index (χ0n) is 31.3. The third-order valence-corrected chi connectivity index (χ3v) is 11.8. The zero-order valence-corrected chi connectivity index (χ0v) is 33.5. The Balaban J connectivity index is 0.00000385. The van der Waals surface area contributed by atoms with E-state index in [-0.39, 0.29) is 21.1 Å². The number of hydrogen-bond acceptors (Lipinski definition) is 3. The number of para-hydroxylation sites is 2. The van der Waals surface area contributed by atoms with Gasteiger partial charge in [-0.05, 0) is 52.1 Å².